The standard InChI is InChI=1S/C34H34Cl2N2O4.CH4/c1-19(35)25-17-37(27-15-29(39)21-9-3-5-11-23(21)33(25)27)31(41)13-7-8-14-32(42)38-18-26(20(2)36)34-24-12-6-4-10-22(24)30(40)16-28(34)38;/h3-6,9-12,15-16,19-20,25-26,39-40H,7-8,13-14,17-18H2,1-2H3;1H4/t19-,20?,25?,26+;/m1./s1. The molecule has 0 aliphatic carbocycles. The summed E-state index contributed by atoms with van der Waals surface area (Å²) in [6, 6.07) is 18.7. The molecule has 0 saturated carbocycles. The number of rotatable bonds is 7. The number of nitrogens with zero attached hydrogens (tertiary/aromatic N) is 2. The van der Waals surface area contributed by atoms with Gasteiger partial charge in [0.25, 0.3) is 0 Å². The number of hydrogen-bond acceptors (Lipinski definition) is 4. The van der Waals surface area contributed by atoms with Crippen molar-refractivity contribution in [1.29, 1.82) is 0 Å². The molecule has 2 unspecified atom stereocenters. The third-order valence-electron chi connectivity index (χ3n) is 8.91. The highest BCUT2D eigenvalue weighted by atomic mass is 35.5. The van der Waals surface area contributed by atoms with Gasteiger partial charge in [-0.25, -0.2) is 0 Å². The minimum atomic E-state index is -0.188. The second kappa shape index (κ2) is 12.3. The highest BCUT2D eigenvalue weighted by Crippen LogP contribution is 2.48. The normalized spacial score (nSPS) is 18.8. The Bertz CT molecular complexity index is 1580. The van der Waals surface area contributed by atoms with Gasteiger partial charge in [-0.3, -0.25) is 9.59 Å². The van der Waals surface area contributed by atoms with Crippen molar-refractivity contribution in [2.45, 2.75) is 69.5 Å². The van der Waals surface area contributed by atoms with Crippen LogP contribution >= 0.6 is 23.2 Å². The highest BCUT2D eigenvalue weighted by molar-refractivity contribution is 6.22. The number of unbranched alkanes of at least 4 members (excludes halogenated alkanes) is 1. The van der Waals surface area contributed by atoms with Crippen LogP contribution in [0, 0.1) is 0 Å². The Morgan fingerprint density at radius 1 is 0.721 bits per heavy atom. The van der Waals surface area contributed by atoms with Gasteiger partial charge in [-0.05, 0) is 48.6 Å². The van der Waals surface area contributed by atoms with Gasteiger partial charge in [0.1, 0.15) is 11.5 Å². The molecular weight excluding hydrogens is 583 g/mol. The van der Waals surface area contributed by atoms with Gasteiger partial charge in [-0.15, -0.1) is 23.2 Å². The third kappa shape index (κ3) is 5.40. The van der Waals surface area contributed by atoms with Gasteiger partial charge in [0.2, 0.25) is 11.8 Å². The van der Waals surface area contributed by atoms with Gasteiger partial charge >= 0.3 is 0 Å². The van der Waals surface area contributed by atoms with Crippen LogP contribution in [0.1, 0.15) is 69.9 Å². The Kier molecular flexibility index (Phi) is 8.82. The molecule has 2 amide bonds. The van der Waals surface area contributed by atoms with E-state index in [1.165, 1.54) is 0 Å². The lowest BCUT2D eigenvalue weighted by Gasteiger charge is -2.20. The Morgan fingerprint density at radius 2 is 1.07 bits per heavy atom. The molecule has 0 fully saturated rings. The summed E-state index contributed by atoms with van der Waals surface area (Å²) in [6.07, 6.45) is 1.67. The minimum Gasteiger partial charge on any atom is -0.507 e. The van der Waals surface area contributed by atoms with E-state index in [-0.39, 0.29) is 66.2 Å². The van der Waals surface area contributed by atoms with Crippen LogP contribution in [0.15, 0.2) is 60.7 Å². The van der Waals surface area contributed by atoms with E-state index in [0.717, 1.165) is 32.7 Å². The number of anilines is 2. The molecule has 2 N–H and O–H groups in total. The molecule has 4 atom stereocenters. The van der Waals surface area contributed by atoms with Crippen LogP contribution in [0.5, 0.6) is 11.5 Å². The van der Waals surface area contributed by atoms with E-state index in [1.807, 2.05) is 62.4 Å². The third-order valence-corrected chi connectivity index (χ3v) is 9.52. The number of fused-ring (bicyclic) bond motifs is 6. The molecule has 4 aromatic carbocycles. The molecule has 0 aromatic heterocycles. The number of carbonyl (C=O) groups excluding carboxylic acids is 2. The smallest absolute Gasteiger partial charge is 0.227 e. The van der Waals surface area contributed by atoms with Crippen molar-refractivity contribution in [3.8, 4) is 11.5 Å². The summed E-state index contributed by atoms with van der Waals surface area (Å²) in [5.74, 6) is 0.111. The number of phenolic OH excluding ortho intramolecular Hbond substituents is 2. The Labute approximate surface area is 262 Å². The first-order valence-electron chi connectivity index (χ1n) is 14.6. The van der Waals surface area contributed by atoms with Crippen LogP contribution in [-0.2, 0) is 9.59 Å². The molecule has 6 nitrogen and oxygen atoms in total. The topological polar surface area (TPSA) is 81.1 Å². The van der Waals surface area contributed by atoms with E-state index in [0.29, 0.717) is 37.3 Å². The van der Waals surface area contributed by atoms with E-state index < -0.39 is 0 Å². The number of phenols is 2. The van der Waals surface area contributed by atoms with Crippen molar-refractivity contribution >= 4 is 67.9 Å². The van der Waals surface area contributed by atoms with Crippen molar-refractivity contribution in [2.24, 2.45) is 0 Å². The van der Waals surface area contributed by atoms with Crippen LogP contribution in [0.25, 0.3) is 21.5 Å². The van der Waals surface area contributed by atoms with Crippen LogP contribution < -0.4 is 9.80 Å². The van der Waals surface area contributed by atoms with Crippen LogP contribution in [0.3, 0.4) is 0 Å². The summed E-state index contributed by atoms with van der Waals surface area (Å²) < 4.78 is 0. The number of halogens is 2. The number of benzene rings is 4. The molecule has 2 heterocycles. The van der Waals surface area contributed by atoms with Gasteiger partial charge < -0.3 is 20.0 Å². The zero-order valence-electron chi connectivity index (χ0n) is 23.7. The van der Waals surface area contributed by atoms with E-state index in [2.05, 4.69) is 0 Å². The second-order valence-electron chi connectivity index (χ2n) is 11.5. The van der Waals surface area contributed by atoms with Crippen LogP contribution in [0.4, 0.5) is 11.4 Å². The zero-order chi connectivity index (χ0) is 29.7. The molecule has 226 valence electrons. The first kappa shape index (κ1) is 31.0. The molecule has 0 bridgehead atoms. The number of alkyl halides is 2. The van der Waals surface area contributed by atoms with E-state index in [4.69, 9.17) is 23.2 Å². The Balaban J connectivity index is 0.00000368. The van der Waals surface area contributed by atoms with Crippen molar-refractivity contribution in [2.75, 3.05) is 22.9 Å². The van der Waals surface area contributed by atoms with Gasteiger partial charge in [-0.1, -0.05) is 56.0 Å². The monoisotopic (exact) mass is 620 g/mol. The molecule has 2 aliphatic rings. The highest BCUT2D eigenvalue weighted by Gasteiger charge is 2.38. The van der Waals surface area contributed by atoms with Gasteiger partial charge in [0.05, 0.1) is 11.4 Å². The minimum absolute atomic E-state index is 0. The maximum Gasteiger partial charge on any atom is 0.227 e. The molecule has 0 radical (unpaired) electrons. The fourth-order valence-electron chi connectivity index (χ4n) is 6.77. The average molecular weight is 622 g/mol. The lowest BCUT2D eigenvalue weighted by atomic mass is 9.92. The maximum absolute atomic E-state index is 13.4. The zero-order valence-corrected chi connectivity index (χ0v) is 25.2. The molecule has 0 spiro atoms. The van der Waals surface area contributed by atoms with Crippen molar-refractivity contribution in [3.63, 3.8) is 0 Å². The largest absolute Gasteiger partial charge is 0.507 e. The fourth-order valence-corrected chi connectivity index (χ4v) is 7.18. The van der Waals surface area contributed by atoms with E-state index >= 15 is 0 Å². The molecule has 8 heteroatoms. The summed E-state index contributed by atoms with van der Waals surface area (Å²) in [4.78, 5) is 30.3. The van der Waals surface area contributed by atoms with Crippen LogP contribution in [0.2, 0.25) is 0 Å². The van der Waals surface area contributed by atoms with Crippen molar-refractivity contribution in [3.05, 3.63) is 71.8 Å². The molecule has 4 aromatic rings. The van der Waals surface area contributed by atoms with Crippen LogP contribution in [-0.4, -0.2) is 45.9 Å². The summed E-state index contributed by atoms with van der Waals surface area (Å²) >= 11 is 13.2. The molecule has 43 heavy (non-hydrogen) atoms. The predicted octanol–water partition coefficient (Wildman–Crippen LogP) is 8.42. The number of aromatic hydroxyl groups is 2. The Hall–Kier alpha value is -3.48. The molecule has 0 saturated heterocycles. The van der Waals surface area contributed by atoms with Gasteiger partial charge in [0, 0.05) is 71.4 Å². The first-order chi connectivity index (χ1) is 20.2. The predicted molar refractivity (Wildman–Crippen MR) is 177 cm³/mol. The van der Waals surface area contributed by atoms with Crippen molar-refractivity contribution < 1.29 is 19.8 Å². The fraction of sp³-hybridized carbons (Fsp3) is 0.371. The summed E-state index contributed by atoms with van der Waals surface area (Å²) in [6.45, 7) is 4.80. The summed E-state index contributed by atoms with van der Waals surface area (Å²) in [5.41, 5.74) is 3.43. The summed E-state index contributed by atoms with van der Waals surface area (Å²) in [5, 5.41) is 24.4. The lowest BCUT2D eigenvalue weighted by Crippen LogP contribution is -2.31. The number of carbonyl (C=O) groups is 2. The summed E-state index contributed by atoms with van der Waals surface area (Å²) in [7, 11) is 0. The lowest BCUT2D eigenvalue weighted by molar-refractivity contribution is -0.120. The Morgan fingerprint density at radius 3 is 1.42 bits per heavy atom. The van der Waals surface area contributed by atoms with E-state index in [1.54, 1.807) is 21.9 Å². The molecular formula is C35H38Cl2N2O4. The molecule has 6 rings (SSSR count). The molecule has 2 aliphatic heterocycles. The van der Waals surface area contributed by atoms with Crippen molar-refractivity contribution in [1.82, 2.24) is 0 Å². The maximum atomic E-state index is 13.4. The van der Waals surface area contributed by atoms with Gasteiger partial charge in [-0.2, -0.15) is 0 Å². The quantitative estimate of drug-likeness (QED) is 0.160. The van der Waals surface area contributed by atoms with Gasteiger partial charge in [0.15, 0.2) is 0 Å². The van der Waals surface area contributed by atoms with E-state index in [9.17, 15) is 19.8 Å². The first-order valence-corrected chi connectivity index (χ1v) is 15.4. The number of hydrogen-bond donors (Lipinski definition) is 2. The number of amides is 2. The average Bonchev–Trinajstić information content (AvgIpc) is 3.55. The SMILES string of the molecule is C.CC(Cl)[C@@H]1CN(C(=O)CCCCC(=O)N2CC([C@@H](C)Cl)c3c2cc(O)c2ccccc32)c2cc(O)c3ccccc3c21. The second-order valence-corrected chi connectivity index (χ2v) is 12.9.